The van der Waals surface area contributed by atoms with Gasteiger partial charge >= 0.3 is 0 Å². The summed E-state index contributed by atoms with van der Waals surface area (Å²) in [5, 5.41) is 10.8. The van der Waals surface area contributed by atoms with Crippen LogP contribution in [0.5, 0.6) is 0 Å². The summed E-state index contributed by atoms with van der Waals surface area (Å²) in [6.45, 7) is 4.46. The van der Waals surface area contributed by atoms with Crippen molar-refractivity contribution >= 4 is 17.5 Å². The van der Waals surface area contributed by atoms with E-state index in [4.69, 9.17) is 4.52 Å². The van der Waals surface area contributed by atoms with Crippen molar-refractivity contribution in [2.24, 2.45) is 5.10 Å². The van der Waals surface area contributed by atoms with Gasteiger partial charge in [0.1, 0.15) is 5.76 Å². The van der Waals surface area contributed by atoms with Crippen LogP contribution in [0.1, 0.15) is 49.1 Å². The van der Waals surface area contributed by atoms with Crippen LogP contribution in [0, 0.1) is 13.8 Å². The monoisotopic (exact) mass is 306 g/mol. The number of carbonyl (C=O) groups is 2. The Morgan fingerprint density at radius 2 is 2.14 bits per heavy atom. The molecule has 0 saturated heterocycles. The van der Waals surface area contributed by atoms with E-state index < -0.39 is 0 Å². The average molecular weight is 306 g/mol. The molecule has 0 saturated carbocycles. The van der Waals surface area contributed by atoms with Gasteiger partial charge in [-0.05, 0) is 39.5 Å². The van der Waals surface area contributed by atoms with Crippen LogP contribution in [-0.4, -0.2) is 29.2 Å². The van der Waals surface area contributed by atoms with Crippen molar-refractivity contribution < 1.29 is 14.1 Å². The fraction of sp³-hybridized carbons (Fsp3) is 0.600. The number of aromatic nitrogens is 1. The van der Waals surface area contributed by atoms with E-state index in [0.29, 0.717) is 32.2 Å². The molecule has 1 aliphatic heterocycles. The summed E-state index contributed by atoms with van der Waals surface area (Å²) >= 11 is 0. The lowest BCUT2D eigenvalue weighted by molar-refractivity contribution is -0.121. The first-order valence-electron chi connectivity index (χ1n) is 7.59. The molecule has 0 aromatic carbocycles. The quantitative estimate of drug-likeness (QED) is 0.744. The maximum absolute atomic E-state index is 11.8. The molecule has 22 heavy (non-hydrogen) atoms. The Morgan fingerprint density at radius 3 is 2.77 bits per heavy atom. The van der Waals surface area contributed by atoms with Crippen molar-refractivity contribution in [3.05, 3.63) is 17.0 Å². The molecule has 0 atom stereocenters. The number of nitrogens with zero attached hydrogens (tertiary/aromatic N) is 2. The first-order valence-corrected chi connectivity index (χ1v) is 7.59. The van der Waals surface area contributed by atoms with E-state index in [1.807, 2.05) is 13.8 Å². The molecule has 2 rings (SSSR count). The molecule has 7 heteroatoms. The van der Waals surface area contributed by atoms with E-state index >= 15 is 0 Å². The molecule has 0 radical (unpaired) electrons. The third-order valence-corrected chi connectivity index (χ3v) is 3.73. The summed E-state index contributed by atoms with van der Waals surface area (Å²) in [6.07, 6.45) is 3.80. The number of hydrogen-bond donors (Lipinski definition) is 2. The zero-order chi connectivity index (χ0) is 15.9. The molecule has 7 nitrogen and oxygen atoms in total. The minimum Gasteiger partial charge on any atom is -0.361 e. The lowest BCUT2D eigenvalue weighted by Crippen LogP contribution is -2.28. The van der Waals surface area contributed by atoms with Gasteiger partial charge in [-0.1, -0.05) is 5.16 Å². The second kappa shape index (κ2) is 7.72. The van der Waals surface area contributed by atoms with Gasteiger partial charge in [0.25, 0.3) is 0 Å². The predicted molar refractivity (Wildman–Crippen MR) is 81.4 cm³/mol. The zero-order valence-electron chi connectivity index (χ0n) is 13.1. The van der Waals surface area contributed by atoms with Crippen LogP contribution in [0.4, 0.5) is 0 Å². The van der Waals surface area contributed by atoms with Gasteiger partial charge in [0, 0.05) is 30.7 Å². The van der Waals surface area contributed by atoms with E-state index in [9.17, 15) is 9.59 Å². The lowest BCUT2D eigenvalue weighted by Gasteiger charge is -2.11. The highest BCUT2D eigenvalue weighted by Gasteiger charge is 2.13. The topological polar surface area (TPSA) is 96.6 Å². The van der Waals surface area contributed by atoms with Gasteiger partial charge in [0.2, 0.25) is 11.8 Å². The molecule has 0 fully saturated rings. The average Bonchev–Trinajstić information content (AvgIpc) is 2.82. The molecule has 2 heterocycles. The lowest BCUT2D eigenvalue weighted by atomic mass is 10.1. The molecule has 0 spiro atoms. The fourth-order valence-electron chi connectivity index (χ4n) is 2.39. The second-order valence-electron chi connectivity index (χ2n) is 5.47. The highest BCUT2D eigenvalue weighted by molar-refractivity contribution is 5.94. The number of carbonyl (C=O) groups excluding carboxylic acids is 2. The molecule has 1 aromatic rings. The number of rotatable bonds is 7. The summed E-state index contributed by atoms with van der Waals surface area (Å²) in [4.78, 5) is 22.7. The van der Waals surface area contributed by atoms with Crippen molar-refractivity contribution in [2.75, 3.05) is 6.54 Å². The normalized spacial score (nSPS) is 14.5. The van der Waals surface area contributed by atoms with E-state index in [1.54, 1.807) is 0 Å². The first-order chi connectivity index (χ1) is 10.6. The molecular weight excluding hydrogens is 284 g/mol. The van der Waals surface area contributed by atoms with Crippen LogP contribution >= 0.6 is 0 Å². The predicted octanol–water partition coefficient (Wildman–Crippen LogP) is 1.39. The van der Waals surface area contributed by atoms with E-state index in [-0.39, 0.29) is 11.8 Å². The Kier molecular flexibility index (Phi) is 5.68. The fourth-order valence-corrected chi connectivity index (χ4v) is 2.39. The van der Waals surface area contributed by atoms with Gasteiger partial charge in [-0.3, -0.25) is 9.59 Å². The third-order valence-electron chi connectivity index (χ3n) is 3.73. The zero-order valence-corrected chi connectivity index (χ0v) is 13.1. The maximum atomic E-state index is 11.8. The largest absolute Gasteiger partial charge is 0.361 e. The third kappa shape index (κ3) is 4.68. The van der Waals surface area contributed by atoms with E-state index in [2.05, 4.69) is 21.0 Å². The van der Waals surface area contributed by atoms with Crippen LogP contribution < -0.4 is 10.7 Å². The van der Waals surface area contributed by atoms with Gasteiger partial charge in [-0.15, -0.1) is 0 Å². The minimum atomic E-state index is -0.0625. The number of hydrogen-bond acceptors (Lipinski definition) is 5. The summed E-state index contributed by atoms with van der Waals surface area (Å²) in [5.41, 5.74) is 5.36. The highest BCUT2D eigenvalue weighted by Crippen LogP contribution is 2.13. The van der Waals surface area contributed by atoms with Crippen LogP contribution in [-0.2, 0) is 16.0 Å². The van der Waals surface area contributed by atoms with Gasteiger partial charge in [0.15, 0.2) is 0 Å². The Labute approximate surface area is 129 Å². The van der Waals surface area contributed by atoms with Crippen LogP contribution in [0.3, 0.4) is 0 Å². The Morgan fingerprint density at radius 1 is 1.32 bits per heavy atom. The molecule has 2 N–H and O–H groups in total. The Hall–Kier alpha value is -2.18. The summed E-state index contributed by atoms with van der Waals surface area (Å²) in [7, 11) is 0. The summed E-state index contributed by atoms with van der Waals surface area (Å²) in [5.74, 6) is 0.798. The second-order valence-corrected chi connectivity index (χ2v) is 5.47. The molecule has 2 amide bonds. The van der Waals surface area contributed by atoms with Crippen molar-refractivity contribution in [3.63, 3.8) is 0 Å². The summed E-state index contributed by atoms with van der Waals surface area (Å²) in [6, 6.07) is 0. The van der Waals surface area contributed by atoms with Crippen molar-refractivity contribution in [1.82, 2.24) is 15.9 Å². The number of amides is 2. The minimum absolute atomic E-state index is 0.0124. The molecule has 120 valence electrons. The van der Waals surface area contributed by atoms with Gasteiger partial charge in [-0.25, -0.2) is 5.43 Å². The van der Waals surface area contributed by atoms with E-state index in [1.165, 1.54) is 0 Å². The summed E-state index contributed by atoms with van der Waals surface area (Å²) < 4.78 is 5.11. The van der Waals surface area contributed by atoms with Gasteiger partial charge < -0.3 is 9.84 Å². The molecular formula is C15H22N4O3. The van der Waals surface area contributed by atoms with Crippen molar-refractivity contribution in [1.29, 1.82) is 0 Å². The number of aryl methyl sites for hydroxylation is 2. The Bertz CT molecular complexity index is 558. The van der Waals surface area contributed by atoms with Gasteiger partial charge in [-0.2, -0.15) is 5.10 Å². The van der Waals surface area contributed by atoms with E-state index in [0.717, 1.165) is 35.6 Å². The standard InChI is InChI=1S/C15H22N4O3/c1-10-13(11(2)22-19-10)4-3-9-16-14(20)7-5-12-6-8-15(21)18-17-12/h3-9H2,1-2H3,(H,16,20)(H,18,21). The maximum Gasteiger partial charge on any atom is 0.240 e. The Balaban J connectivity index is 1.61. The number of nitrogens with one attached hydrogen (secondary N) is 2. The smallest absolute Gasteiger partial charge is 0.240 e. The SMILES string of the molecule is Cc1noc(C)c1CCCNC(=O)CCC1=NNC(=O)CC1. The molecule has 1 aliphatic rings. The molecule has 0 bridgehead atoms. The molecule has 0 unspecified atom stereocenters. The number of hydrazone groups is 1. The van der Waals surface area contributed by atoms with Crippen molar-refractivity contribution in [2.45, 2.75) is 52.4 Å². The van der Waals surface area contributed by atoms with Crippen LogP contribution in [0.15, 0.2) is 9.62 Å². The van der Waals surface area contributed by atoms with Gasteiger partial charge in [0.05, 0.1) is 5.69 Å². The highest BCUT2D eigenvalue weighted by atomic mass is 16.5. The first kappa shape index (κ1) is 16.2. The molecule has 0 aliphatic carbocycles. The molecule has 1 aromatic heterocycles. The van der Waals surface area contributed by atoms with Crippen LogP contribution in [0.2, 0.25) is 0 Å². The van der Waals surface area contributed by atoms with Crippen LogP contribution in [0.25, 0.3) is 0 Å². The van der Waals surface area contributed by atoms with Crippen molar-refractivity contribution in [3.8, 4) is 0 Å².